The molecule has 0 saturated carbocycles. The smallest absolute Gasteiger partial charge is 0.257 e. The maximum atomic E-state index is 12.7. The summed E-state index contributed by atoms with van der Waals surface area (Å²) in [5.41, 5.74) is 3.75. The Labute approximate surface area is 171 Å². The van der Waals surface area contributed by atoms with Gasteiger partial charge in [0.25, 0.3) is 5.91 Å². The third-order valence-corrected chi connectivity index (χ3v) is 4.79. The Balaban J connectivity index is 1.65. The number of hydrogen-bond acceptors (Lipinski definition) is 4. The number of aryl methyl sites for hydroxylation is 2. The summed E-state index contributed by atoms with van der Waals surface area (Å²) in [6.07, 6.45) is 1.54. The maximum Gasteiger partial charge on any atom is 0.257 e. The predicted molar refractivity (Wildman–Crippen MR) is 114 cm³/mol. The molecule has 1 amide bonds. The van der Waals surface area contributed by atoms with E-state index in [1.165, 1.54) is 0 Å². The lowest BCUT2D eigenvalue weighted by atomic mass is 9.97. The number of H-pyrrole nitrogens is 1. The van der Waals surface area contributed by atoms with Crippen molar-refractivity contribution in [1.29, 1.82) is 0 Å². The van der Waals surface area contributed by atoms with Gasteiger partial charge in [-0.15, -0.1) is 0 Å². The van der Waals surface area contributed by atoms with Crippen LogP contribution in [-0.2, 0) is 12.8 Å². The summed E-state index contributed by atoms with van der Waals surface area (Å²) in [6, 6.07) is 15.3. The van der Waals surface area contributed by atoms with Crippen molar-refractivity contribution in [2.45, 2.75) is 32.6 Å². The Hall–Kier alpha value is -3.28. The number of ether oxygens (including phenoxy) is 2. The first-order chi connectivity index (χ1) is 14.0. The Morgan fingerprint density at radius 1 is 1.03 bits per heavy atom. The molecule has 6 heteroatoms. The summed E-state index contributed by atoms with van der Waals surface area (Å²) >= 11 is 0. The monoisotopic (exact) mass is 393 g/mol. The molecule has 0 unspecified atom stereocenters. The van der Waals surface area contributed by atoms with Crippen molar-refractivity contribution in [3.8, 4) is 11.5 Å². The van der Waals surface area contributed by atoms with Crippen molar-refractivity contribution in [2.75, 3.05) is 19.5 Å². The van der Waals surface area contributed by atoms with Crippen molar-refractivity contribution in [1.82, 2.24) is 10.2 Å². The van der Waals surface area contributed by atoms with Gasteiger partial charge in [-0.05, 0) is 48.1 Å². The van der Waals surface area contributed by atoms with Gasteiger partial charge in [-0.25, -0.2) is 0 Å². The topological polar surface area (TPSA) is 76.2 Å². The van der Waals surface area contributed by atoms with E-state index >= 15 is 0 Å². The fourth-order valence-electron chi connectivity index (χ4n) is 3.23. The molecular weight excluding hydrogens is 366 g/mol. The van der Waals surface area contributed by atoms with E-state index in [-0.39, 0.29) is 11.8 Å². The highest BCUT2D eigenvalue weighted by atomic mass is 16.5. The van der Waals surface area contributed by atoms with Crippen LogP contribution in [-0.4, -0.2) is 30.3 Å². The average Bonchev–Trinajstić information content (AvgIpc) is 3.19. The Bertz CT molecular complexity index is 957. The molecule has 0 aliphatic carbocycles. The minimum atomic E-state index is -0.148. The van der Waals surface area contributed by atoms with E-state index in [9.17, 15) is 4.79 Å². The summed E-state index contributed by atoms with van der Waals surface area (Å²) in [7, 11) is 3.28. The van der Waals surface area contributed by atoms with Crippen molar-refractivity contribution < 1.29 is 14.3 Å². The molecule has 152 valence electrons. The van der Waals surface area contributed by atoms with Gasteiger partial charge < -0.3 is 14.8 Å². The maximum absolute atomic E-state index is 12.7. The molecule has 0 aliphatic heterocycles. The quantitative estimate of drug-likeness (QED) is 0.587. The lowest BCUT2D eigenvalue weighted by molar-refractivity contribution is 0.102. The molecule has 1 heterocycles. The molecule has 0 spiro atoms. The van der Waals surface area contributed by atoms with Crippen LogP contribution >= 0.6 is 0 Å². The van der Waals surface area contributed by atoms with Gasteiger partial charge in [-0.1, -0.05) is 32.0 Å². The summed E-state index contributed by atoms with van der Waals surface area (Å²) in [5.74, 6) is 2.17. The van der Waals surface area contributed by atoms with E-state index in [0.29, 0.717) is 11.4 Å². The van der Waals surface area contributed by atoms with Crippen LogP contribution in [0.4, 0.5) is 5.82 Å². The molecule has 0 radical (unpaired) electrons. The largest absolute Gasteiger partial charge is 0.497 e. The molecule has 29 heavy (non-hydrogen) atoms. The van der Waals surface area contributed by atoms with E-state index in [2.05, 4.69) is 29.4 Å². The van der Waals surface area contributed by atoms with Gasteiger partial charge in [0.1, 0.15) is 11.5 Å². The van der Waals surface area contributed by atoms with Crippen molar-refractivity contribution in [3.05, 3.63) is 70.9 Å². The van der Waals surface area contributed by atoms with Gasteiger partial charge in [0.05, 0.1) is 14.2 Å². The zero-order valence-electron chi connectivity index (χ0n) is 17.3. The first kappa shape index (κ1) is 20.5. The lowest BCUT2D eigenvalue weighted by Crippen LogP contribution is -2.15. The molecule has 3 aromatic rings. The average molecular weight is 393 g/mol. The number of benzene rings is 2. The van der Waals surface area contributed by atoms with E-state index in [1.807, 2.05) is 48.5 Å². The molecule has 2 N–H and O–H groups in total. The Morgan fingerprint density at radius 2 is 1.72 bits per heavy atom. The van der Waals surface area contributed by atoms with Crippen LogP contribution in [0.2, 0.25) is 0 Å². The molecule has 2 aromatic carbocycles. The minimum absolute atomic E-state index is 0.148. The zero-order valence-corrected chi connectivity index (χ0v) is 17.3. The number of carbonyl (C=O) groups excluding carboxylic acids is 1. The number of nitrogens with zero attached hydrogens (tertiary/aromatic N) is 1. The van der Waals surface area contributed by atoms with Crippen molar-refractivity contribution in [3.63, 3.8) is 0 Å². The summed E-state index contributed by atoms with van der Waals surface area (Å²) in [4.78, 5) is 12.7. The van der Waals surface area contributed by atoms with E-state index in [1.54, 1.807) is 14.2 Å². The highest BCUT2D eigenvalue weighted by molar-refractivity contribution is 6.04. The number of methoxy groups -OCH3 is 2. The molecule has 6 nitrogen and oxygen atoms in total. The summed E-state index contributed by atoms with van der Waals surface area (Å²) in [5, 5.41) is 10.1. The molecule has 0 fully saturated rings. The van der Waals surface area contributed by atoms with E-state index < -0.39 is 0 Å². The molecule has 0 saturated heterocycles. The van der Waals surface area contributed by atoms with Gasteiger partial charge in [0.2, 0.25) is 0 Å². The third-order valence-electron chi connectivity index (χ3n) is 4.79. The second-order valence-corrected chi connectivity index (χ2v) is 7.20. The first-order valence-electron chi connectivity index (χ1n) is 9.66. The standard InChI is InChI=1S/C23H27N3O3/c1-15(2)20-7-5-6-8-21(20)23(27)24-22-13-17(25-26-22)10-9-16-11-18(28-3)14-19(12-16)29-4/h5-8,11-15H,9-10H2,1-4H3,(H2,24,25,26,27). The van der Waals surface area contributed by atoms with E-state index in [4.69, 9.17) is 9.47 Å². The summed E-state index contributed by atoms with van der Waals surface area (Å²) in [6.45, 7) is 4.15. The van der Waals surface area contributed by atoms with Gasteiger partial charge in [0.15, 0.2) is 5.82 Å². The number of nitrogens with one attached hydrogen (secondary N) is 2. The predicted octanol–water partition coefficient (Wildman–Crippen LogP) is 4.59. The fourth-order valence-corrected chi connectivity index (χ4v) is 3.23. The van der Waals surface area contributed by atoms with Crippen LogP contribution < -0.4 is 14.8 Å². The van der Waals surface area contributed by atoms with Crippen LogP contribution in [0.15, 0.2) is 48.5 Å². The van der Waals surface area contributed by atoms with Crippen LogP contribution in [0.25, 0.3) is 0 Å². The van der Waals surface area contributed by atoms with Gasteiger partial charge in [-0.2, -0.15) is 5.10 Å². The Morgan fingerprint density at radius 3 is 2.38 bits per heavy atom. The molecule has 3 rings (SSSR count). The van der Waals surface area contributed by atoms with Gasteiger partial charge in [-0.3, -0.25) is 9.89 Å². The minimum Gasteiger partial charge on any atom is -0.497 e. The number of hydrogen-bond donors (Lipinski definition) is 2. The van der Waals surface area contributed by atoms with E-state index in [0.717, 1.165) is 41.2 Å². The van der Waals surface area contributed by atoms with Crippen LogP contribution in [0, 0.1) is 0 Å². The number of anilines is 1. The molecule has 1 aromatic heterocycles. The van der Waals surface area contributed by atoms with Crippen molar-refractivity contribution in [2.24, 2.45) is 0 Å². The molecule has 0 atom stereocenters. The van der Waals surface area contributed by atoms with Gasteiger partial charge >= 0.3 is 0 Å². The first-order valence-corrected chi connectivity index (χ1v) is 9.66. The lowest BCUT2D eigenvalue weighted by Gasteiger charge is -2.11. The normalized spacial score (nSPS) is 10.8. The Kier molecular flexibility index (Phi) is 6.54. The number of carbonyl (C=O) groups is 1. The second-order valence-electron chi connectivity index (χ2n) is 7.20. The number of amides is 1. The zero-order chi connectivity index (χ0) is 20.8. The van der Waals surface area contributed by atoms with Gasteiger partial charge in [0, 0.05) is 23.4 Å². The number of aromatic nitrogens is 2. The highest BCUT2D eigenvalue weighted by Crippen LogP contribution is 2.24. The van der Waals surface area contributed by atoms with Crippen LogP contribution in [0.3, 0.4) is 0 Å². The number of rotatable bonds is 8. The fraction of sp³-hybridized carbons (Fsp3) is 0.304. The SMILES string of the molecule is COc1cc(CCc2cc(NC(=O)c3ccccc3C(C)C)n[nH]2)cc(OC)c1. The number of aromatic amines is 1. The second kappa shape index (κ2) is 9.28. The molecule has 0 bridgehead atoms. The van der Waals surface area contributed by atoms with Crippen LogP contribution in [0.1, 0.15) is 46.9 Å². The molecule has 0 aliphatic rings. The molecular formula is C23H27N3O3. The van der Waals surface area contributed by atoms with Crippen LogP contribution in [0.5, 0.6) is 11.5 Å². The van der Waals surface area contributed by atoms with Crippen molar-refractivity contribution >= 4 is 11.7 Å². The highest BCUT2D eigenvalue weighted by Gasteiger charge is 2.14. The third kappa shape index (κ3) is 5.16. The summed E-state index contributed by atoms with van der Waals surface area (Å²) < 4.78 is 10.6.